The van der Waals surface area contributed by atoms with Gasteiger partial charge in [0.25, 0.3) is 0 Å². The molecule has 0 heteroatoms. The van der Waals surface area contributed by atoms with Gasteiger partial charge in [0.2, 0.25) is 0 Å². The molecule has 0 radical (unpaired) electrons. The summed E-state index contributed by atoms with van der Waals surface area (Å²) in [7, 11) is 0. The number of allylic oxidation sites excluding steroid dienone is 4. The fraction of sp³-hybridized carbons (Fsp3) is 0.143. The molecule has 1 aromatic rings. The summed E-state index contributed by atoms with van der Waals surface area (Å²) in [6, 6.07) is 8.61. The smallest absolute Gasteiger partial charge is 0.0269 e. The van der Waals surface area contributed by atoms with Gasteiger partial charge in [0.1, 0.15) is 0 Å². The van der Waals surface area contributed by atoms with Gasteiger partial charge in [-0.1, -0.05) is 49.6 Å². The molecule has 0 amide bonds. The highest BCUT2D eigenvalue weighted by Crippen LogP contribution is 2.49. The summed E-state index contributed by atoms with van der Waals surface area (Å²) in [5, 5.41) is 0. The molecular weight excluding hydrogens is 168 g/mol. The Hall–Kier alpha value is -1.56. The Morgan fingerprint density at radius 1 is 0.786 bits per heavy atom. The van der Waals surface area contributed by atoms with Gasteiger partial charge >= 0.3 is 0 Å². The summed E-state index contributed by atoms with van der Waals surface area (Å²) in [5.74, 6) is 0.757. The lowest BCUT2D eigenvalue weighted by molar-refractivity contribution is 0.801. The molecule has 1 aromatic carbocycles. The average Bonchev–Trinajstić information content (AvgIpc) is 2.24. The van der Waals surface area contributed by atoms with Gasteiger partial charge in [-0.05, 0) is 22.3 Å². The predicted molar refractivity (Wildman–Crippen MR) is 59.3 cm³/mol. The molecule has 0 N–H and O–H groups in total. The third-order valence-electron chi connectivity index (χ3n) is 3.33. The van der Waals surface area contributed by atoms with Crippen LogP contribution in [0.25, 0.3) is 0 Å². The first-order valence-corrected chi connectivity index (χ1v) is 4.94. The van der Waals surface area contributed by atoms with Gasteiger partial charge in [-0.25, -0.2) is 0 Å². The van der Waals surface area contributed by atoms with E-state index in [0.29, 0.717) is 11.8 Å². The van der Waals surface area contributed by atoms with Gasteiger partial charge in [-0.2, -0.15) is 0 Å². The van der Waals surface area contributed by atoms with Gasteiger partial charge < -0.3 is 0 Å². The largest absolute Gasteiger partial charge is 0.0946 e. The summed E-state index contributed by atoms with van der Waals surface area (Å²) in [6.45, 7) is 8.25. The molecule has 0 heterocycles. The zero-order chi connectivity index (χ0) is 9.71. The molecule has 0 aliphatic heterocycles. The summed E-state index contributed by atoms with van der Waals surface area (Å²) in [5.41, 5.74) is 5.21. The molecule has 2 unspecified atom stereocenters. The Morgan fingerprint density at radius 3 is 1.64 bits per heavy atom. The van der Waals surface area contributed by atoms with Crippen molar-refractivity contribution >= 4 is 0 Å². The van der Waals surface area contributed by atoms with Crippen LogP contribution in [0.2, 0.25) is 0 Å². The Balaban J connectivity index is 2.31. The minimum absolute atomic E-state index is 0.378. The zero-order valence-corrected chi connectivity index (χ0v) is 8.03. The van der Waals surface area contributed by atoms with Crippen LogP contribution in [0.5, 0.6) is 0 Å². The zero-order valence-electron chi connectivity index (χ0n) is 8.03. The van der Waals surface area contributed by atoms with Crippen LogP contribution < -0.4 is 0 Å². The van der Waals surface area contributed by atoms with E-state index in [1.54, 1.807) is 0 Å². The molecule has 3 aliphatic carbocycles. The van der Waals surface area contributed by atoms with Gasteiger partial charge in [0.15, 0.2) is 0 Å². The highest BCUT2D eigenvalue weighted by Gasteiger charge is 2.33. The molecule has 0 saturated carbocycles. The van der Waals surface area contributed by atoms with Crippen LogP contribution in [0.15, 0.2) is 60.7 Å². The molecule has 2 atom stereocenters. The standard InChI is InChI=1S/C14H12/c1-9-10(2)12-8-7-11(9)13-5-3-4-6-14(12)13/h3-8,11-12H,1-2H2. The predicted octanol–water partition coefficient (Wildman–Crippen LogP) is 3.55. The first kappa shape index (κ1) is 7.81. The van der Waals surface area contributed by atoms with E-state index in [1.807, 2.05) is 0 Å². The SMILES string of the molecule is C=C1C(=C)C2C=CC1c1ccccc12. The van der Waals surface area contributed by atoms with Crippen LogP contribution >= 0.6 is 0 Å². The van der Waals surface area contributed by atoms with Crippen molar-refractivity contribution in [3.05, 3.63) is 71.8 Å². The molecule has 0 saturated heterocycles. The van der Waals surface area contributed by atoms with Crippen molar-refractivity contribution in [2.45, 2.75) is 11.8 Å². The second-order valence-corrected chi connectivity index (χ2v) is 4.02. The Kier molecular flexibility index (Phi) is 1.38. The van der Waals surface area contributed by atoms with Crippen molar-refractivity contribution < 1.29 is 0 Å². The summed E-state index contributed by atoms with van der Waals surface area (Å²) in [6.07, 6.45) is 4.51. The fourth-order valence-electron chi connectivity index (χ4n) is 2.51. The van der Waals surface area contributed by atoms with Gasteiger partial charge in [0.05, 0.1) is 0 Å². The first-order chi connectivity index (χ1) is 6.79. The minimum atomic E-state index is 0.378. The quantitative estimate of drug-likeness (QED) is 0.535. The highest BCUT2D eigenvalue weighted by molar-refractivity contribution is 5.61. The van der Waals surface area contributed by atoms with Crippen molar-refractivity contribution in [2.75, 3.05) is 0 Å². The van der Waals surface area contributed by atoms with Crippen molar-refractivity contribution in [1.29, 1.82) is 0 Å². The third-order valence-corrected chi connectivity index (χ3v) is 3.33. The molecule has 2 bridgehead atoms. The Morgan fingerprint density at radius 2 is 1.21 bits per heavy atom. The van der Waals surface area contributed by atoms with Crippen molar-refractivity contribution in [3.63, 3.8) is 0 Å². The number of hydrogen-bond donors (Lipinski definition) is 0. The van der Waals surface area contributed by atoms with E-state index >= 15 is 0 Å². The second-order valence-electron chi connectivity index (χ2n) is 4.02. The summed E-state index contributed by atoms with van der Waals surface area (Å²) < 4.78 is 0. The minimum Gasteiger partial charge on any atom is -0.0946 e. The molecule has 0 fully saturated rings. The number of fused-ring (bicyclic) bond motifs is 1. The van der Waals surface area contributed by atoms with E-state index in [0.717, 1.165) is 0 Å². The summed E-state index contributed by atoms with van der Waals surface area (Å²) in [4.78, 5) is 0. The molecule has 14 heavy (non-hydrogen) atoms. The first-order valence-electron chi connectivity index (χ1n) is 4.94. The van der Waals surface area contributed by atoms with Gasteiger partial charge in [0, 0.05) is 11.8 Å². The molecule has 0 spiro atoms. The van der Waals surface area contributed by atoms with E-state index < -0.39 is 0 Å². The molecule has 4 rings (SSSR count). The third kappa shape index (κ3) is 0.784. The summed E-state index contributed by atoms with van der Waals surface area (Å²) >= 11 is 0. The van der Waals surface area contributed by atoms with E-state index in [1.165, 1.54) is 22.3 Å². The molecule has 0 aromatic heterocycles. The number of rotatable bonds is 0. The Labute approximate surface area is 84.3 Å². The lowest BCUT2D eigenvalue weighted by atomic mass is 9.67. The highest BCUT2D eigenvalue weighted by atomic mass is 14.4. The van der Waals surface area contributed by atoms with E-state index in [4.69, 9.17) is 0 Å². The van der Waals surface area contributed by atoms with Crippen LogP contribution in [0.4, 0.5) is 0 Å². The topological polar surface area (TPSA) is 0 Å². The van der Waals surface area contributed by atoms with Crippen molar-refractivity contribution in [1.82, 2.24) is 0 Å². The van der Waals surface area contributed by atoms with Crippen LogP contribution in [0.1, 0.15) is 23.0 Å². The molecule has 68 valence electrons. The normalized spacial score (nSPS) is 28.0. The van der Waals surface area contributed by atoms with Crippen LogP contribution in [0.3, 0.4) is 0 Å². The molecule has 0 nitrogen and oxygen atoms in total. The van der Waals surface area contributed by atoms with Crippen LogP contribution in [-0.4, -0.2) is 0 Å². The van der Waals surface area contributed by atoms with Gasteiger partial charge in [-0.15, -0.1) is 0 Å². The molecule has 3 aliphatic rings. The number of benzene rings is 1. The van der Waals surface area contributed by atoms with Crippen molar-refractivity contribution in [3.8, 4) is 0 Å². The fourth-order valence-corrected chi connectivity index (χ4v) is 2.51. The second kappa shape index (κ2) is 2.48. The van der Waals surface area contributed by atoms with E-state index in [9.17, 15) is 0 Å². The number of hydrogen-bond acceptors (Lipinski definition) is 0. The van der Waals surface area contributed by atoms with Crippen molar-refractivity contribution in [2.24, 2.45) is 0 Å². The van der Waals surface area contributed by atoms with Crippen LogP contribution in [-0.2, 0) is 0 Å². The van der Waals surface area contributed by atoms with E-state index in [-0.39, 0.29) is 0 Å². The maximum absolute atomic E-state index is 4.13. The van der Waals surface area contributed by atoms with Crippen LogP contribution in [0, 0.1) is 0 Å². The maximum atomic E-state index is 4.13. The maximum Gasteiger partial charge on any atom is 0.0269 e. The lowest BCUT2D eigenvalue weighted by Gasteiger charge is -2.37. The molecular formula is C14H12. The monoisotopic (exact) mass is 180 g/mol. The average molecular weight is 180 g/mol. The van der Waals surface area contributed by atoms with E-state index in [2.05, 4.69) is 49.6 Å². The lowest BCUT2D eigenvalue weighted by Crippen LogP contribution is -2.20. The Bertz CT molecular complexity index is 420. The van der Waals surface area contributed by atoms with Gasteiger partial charge in [-0.3, -0.25) is 0 Å².